The van der Waals surface area contributed by atoms with Gasteiger partial charge in [-0.3, -0.25) is 14.7 Å². The second kappa shape index (κ2) is 8.64. The molecule has 3 aliphatic rings. The summed E-state index contributed by atoms with van der Waals surface area (Å²) in [7, 11) is 0. The van der Waals surface area contributed by atoms with Crippen molar-refractivity contribution in [1.82, 2.24) is 20.1 Å². The number of nitrogens with zero attached hydrogens (tertiary/aromatic N) is 4. The molecule has 8 nitrogen and oxygen atoms in total. The zero-order valence-corrected chi connectivity index (χ0v) is 18.3. The highest BCUT2D eigenvalue weighted by Gasteiger charge is 2.37. The Morgan fingerprint density at radius 1 is 1.27 bits per heavy atom. The first-order valence-corrected chi connectivity index (χ1v) is 11.5. The fourth-order valence-corrected chi connectivity index (χ4v) is 5.23. The van der Waals surface area contributed by atoms with Gasteiger partial charge < -0.3 is 15.3 Å². The molecule has 0 radical (unpaired) electrons. The molecule has 1 amide bonds. The highest BCUT2D eigenvalue weighted by atomic mass is 32.1. The number of piperazine rings is 1. The molecule has 5 rings (SSSR count). The minimum atomic E-state index is -1.19. The SMILES string of the molecule is O=C(O)C1=C(CN2CCN3C(=O)CC[C@@H]3C2)NC(c2nccs2)=N[C@H]1c1ccc(F)c(F)c1. The van der Waals surface area contributed by atoms with Gasteiger partial charge in [0.05, 0.1) is 5.57 Å². The maximum Gasteiger partial charge on any atom is 0.335 e. The van der Waals surface area contributed by atoms with Crippen LogP contribution >= 0.6 is 11.3 Å². The number of amides is 1. The molecule has 33 heavy (non-hydrogen) atoms. The lowest BCUT2D eigenvalue weighted by Gasteiger charge is -2.38. The van der Waals surface area contributed by atoms with Crippen LogP contribution in [0.5, 0.6) is 0 Å². The van der Waals surface area contributed by atoms with Crippen molar-refractivity contribution < 1.29 is 23.5 Å². The van der Waals surface area contributed by atoms with Crippen molar-refractivity contribution >= 4 is 29.0 Å². The number of carbonyl (C=O) groups is 2. The zero-order chi connectivity index (χ0) is 23.1. The van der Waals surface area contributed by atoms with E-state index in [2.05, 4.69) is 20.2 Å². The summed E-state index contributed by atoms with van der Waals surface area (Å²) >= 11 is 1.34. The van der Waals surface area contributed by atoms with Gasteiger partial charge in [0.25, 0.3) is 0 Å². The van der Waals surface area contributed by atoms with E-state index in [1.54, 1.807) is 11.6 Å². The Kier molecular flexibility index (Phi) is 5.67. The molecule has 0 bridgehead atoms. The number of thiazole rings is 1. The van der Waals surface area contributed by atoms with Crippen LogP contribution in [0.3, 0.4) is 0 Å². The van der Waals surface area contributed by atoms with Crippen molar-refractivity contribution in [3.8, 4) is 0 Å². The predicted molar refractivity (Wildman–Crippen MR) is 117 cm³/mol. The lowest BCUT2D eigenvalue weighted by atomic mass is 9.95. The summed E-state index contributed by atoms with van der Waals surface area (Å²) in [5.41, 5.74) is 0.645. The van der Waals surface area contributed by atoms with Crippen LogP contribution in [0.25, 0.3) is 0 Å². The van der Waals surface area contributed by atoms with Gasteiger partial charge in [-0.2, -0.15) is 0 Å². The quantitative estimate of drug-likeness (QED) is 0.691. The minimum absolute atomic E-state index is 0.0220. The van der Waals surface area contributed by atoms with Crippen molar-refractivity contribution in [1.29, 1.82) is 0 Å². The minimum Gasteiger partial charge on any atom is -0.478 e. The van der Waals surface area contributed by atoms with Crippen LogP contribution in [-0.4, -0.2) is 69.8 Å². The van der Waals surface area contributed by atoms with Crippen LogP contribution in [0.15, 0.2) is 46.0 Å². The highest BCUT2D eigenvalue weighted by molar-refractivity contribution is 7.11. The second-order valence-corrected chi connectivity index (χ2v) is 9.12. The molecule has 2 aromatic rings. The van der Waals surface area contributed by atoms with E-state index in [4.69, 9.17) is 0 Å². The van der Waals surface area contributed by atoms with Gasteiger partial charge in [0.2, 0.25) is 5.91 Å². The first kappa shape index (κ1) is 21.7. The number of hydrogen-bond donors (Lipinski definition) is 2. The van der Waals surface area contributed by atoms with E-state index in [1.165, 1.54) is 17.4 Å². The summed E-state index contributed by atoms with van der Waals surface area (Å²) in [4.78, 5) is 37.1. The molecule has 3 aliphatic heterocycles. The maximum absolute atomic E-state index is 14.0. The molecule has 2 fully saturated rings. The molecule has 0 aliphatic carbocycles. The molecule has 1 aromatic carbocycles. The molecule has 172 valence electrons. The average Bonchev–Trinajstić information content (AvgIpc) is 3.45. The molecule has 2 atom stereocenters. The van der Waals surface area contributed by atoms with Crippen LogP contribution in [-0.2, 0) is 9.59 Å². The van der Waals surface area contributed by atoms with Crippen LogP contribution in [0.1, 0.15) is 29.5 Å². The van der Waals surface area contributed by atoms with Crippen LogP contribution in [0.4, 0.5) is 8.78 Å². The van der Waals surface area contributed by atoms with E-state index in [1.807, 2.05) is 4.90 Å². The van der Waals surface area contributed by atoms with Gasteiger partial charge in [-0.25, -0.2) is 18.6 Å². The number of rotatable bonds is 5. The molecule has 0 spiro atoms. The Hall–Kier alpha value is -3.18. The highest BCUT2D eigenvalue weighted by Crippen LogP contribution is 2.33. The molecular formula is C22H21F2N5O3S. The van der Waals surface area contributed by atoms with Crippen molar-refractivity contribution in [3.63, 3.8) is 0 Å². The Morgan fingerprint density at radius 3 is 2.85 bits per heavy atom. The number of carboxylic acid groups (broad SMARTS) is 1. The van der Waals surface area contributed by atoms with E-state index in [-0.39, 0.29) is 23.1 Å². The van der Waals surface area contributed by atoms with Gasteiger partial charge in [0.1, 0.15) is 6.04 Å². The molecule has 11 heteroatoms. The summed E-state index contributed by atoms with van der Waals surface area (Å²) in [6.07, 6.45) is 2.94. The number of nitrogens with one attached hydrogen (secondary N) is 1. The summed E-state index contributed by atoms with van der Waals surface area (Å²) in [6.45, 7) is 2.15. The standard InChI is InChI=1S/C22H21F2N5O3S/c23-14-3-1-12(9-15(14)24)19-18(22(31)32)16(26-20(27-19)21-25-5-8-33-21)11-28-6-7-29-13(10-28)2-4-17(29)30/h1,3,5,8-9,13,19H,2,4,6-7,10-11H2,(H,26,27)(H,31,32)/t13-,19+/m1/s1. The Labute approximate surface area is 192 Å². The largest absolute Gasteiger partial charge is 0.478 e. The third kappa shape index (κ3) is 4.13. The number of halogens is 2. The van der Waals surface area contributed by atoms with Crippen LogP contribution in [0, 0.1) is 11.6 Å². The first-order valence-electron chi connectivity index (χ1n) is 10.6. The number of benzene rings is 1. The number of carboxylic acids is 1. The molecular weight excluding hydrogens is 452 g/mol. The topological polar surface area (TPSA) is 98.1 Å². The smallest absolute Gasteiger partial charge is 0.335 e. The number of aromatic nitrogens is 1. The third-order valence-corrected chi connectivity index (χ3v) is 6.99. The molecule has 1 aromatic heterocycles. The normalized spacial score (nSPS) is 23.4. The van der Waals surface area contributed by atoms with E-state index >= 15 is 0 Å². The van der Waals surface area contributed by atoms with E-state index in [0.29, 0.717) is 49.1 Å². The van der Waals surface area contributed by atoms with Gasteiger partial charge in [0, 0.05) is 55.9 Å². The number of hydrogen-bond acceptors (Lipinski definition) is 7. The van der Waals surface area contributed by atoms with Gasteiger partial charge in [0.15, 0.2) is 22.5 Å². The first-order chi connectivity index (χ1) is 15.9. The monoisotopic (exact) mass is 473 g/mol. The fourth-order valence-electron chi connectivity index (χ4n) is 4.64. The van der Waals surface area contributed by atoms with E-state index in [9.17, 15) is 23.5 Å². The van der Waals surface area contributed by atoms with Gasteiger partial charge in [-0.15, -0.1) is 11.3 Å². The maximum atomic E-state index is 14.0. The van der Waals surface area contributed by atoms with Crippen LogP contribution < -0.4 is 5.32 Å². The Balaban J connectivity index is 1.51. The number of carbonyl (C=O) groups excluding carboxylic acids is 1. The van der Waals surface area contributed by atoms with Gasteiger partial charge >= 0.3 is 5.97 Å². The van der Waals surface area contributed by atoms with Crippen molar-refractivity contribution in [3.05, 3.63) is 63.3 Å². The summed E-state index contributed by atoms with van der Waals surface area (Å²) < 4.78 is 27.6. The number of aliphatic imine (C=N–C) groups is 1. The van der Waals surface area contributed by atoms with E-state index in [0.717, 1.165) is 18.6 Å². The van der Waals surface area contributed by atoms with Crippen molar-refractivity contribution in [2.75, 3.05) is 26.2 Å². The van der Waals surface area contributed by atoms with Crippen LogP contribution in [0.2, 0.25) is 0 Å². The van der Waals surface area contributed by atoms with Crippen molar-refractivity contribution in [2.45, 2.75) is 24.9 Å². The lowest BCUT2D eigenvalue weighted by Crippen LogP contribution is -2.52. The third-order valence-electron chi connectivity index (χ3n) is 6.21. The Morgan fingerprint density at radius 2 is 2.12 bits per heavy atom. The molecule has 4 heterocycles. The Bertz CT molecular complexity index is 1170. The van der Waals surface area contributed by atoms with Gasteiger partial charge in [-0.05, 0) is 24.1 Å². The predicted octanol–water partition coefficient (Wildman–Crippen LogP) is 2.16. The summed E-state index contributed by atoms with van der Waals surface area (Å²) in [5.74, 6) is -2.72. The molecule has 2 N–H and O–H groups in total. The molecule has 0 unspecified atom stereocenters. The van der Waals surface area contributed by atoms with Gasteiger partial charge in [-0.1, -0.05) is 6.07 Å². The summed E-state index contributed by atoms with van der Waals surface area (Å²) in [5, 5.41) is 15.6. The lowest BCUT2D eigenvalue weighted by molar-refractivity contribution is -0.133. The fraction of sp³-hybridized carbons (Fsp3) is 0.364. The number of amidine groups is 1. The van der Waals surface area contributed by atoms with Crippen molar-refractivity contribution in [2.24, 2.45) is 4.99 Å². The second-order valence-electron chi connectivity index (χ2n) is 8.23. The summed E-state index contributed by atoms with van der Waals surface area (Å²) in [6, 6.07) is 2.40. The molecule has 2 saturated heterocycles. The van der Waals surface area contributed by atoms with E-state index < -0.39 is 23.6 Å². The number of aliphatic carboxylic acids is 1. The average molecular weight is 474 g/mol. The molecule has 0 saturated carbocycles. The zero-order valence-electron chi connectivity index (χ0n) is 17.5. The number of fused-ring (bicyclic) bond motifs is 1.